The lowest BCUT2D eigenvalue weighted by Gasteiger charge is -2.21. The van der Waals surface area contributed by atoms with Crippen LogP contribution in [-0.4, -0.2) is 28.4 Å². The maximum Gasteiger partial charge on any atom is 0.296 e. The van der Waals surface area contributed by atoms with Gasteiger partial charge in [0.1, 0.15) is 0 Å². The molecule has 3 aromatic carbocycles. The Kier molecular flexibility index (Phi) is 4.88. The molecule has 0 atom stereocenters. The lowest BCUT2D eigenvalue weighted by Crippen LogP contribution is -2.24. The smallest absolute Gasteiger partial charge is 0.296 e. The topological polar surface area (TPSA) is 67.2 Å². The molecule has 0 bridgehead atoms. The summed E-state index contributed by atoms with van der Waals surface area (Å²) in [5.41, 5.74) is 3.52. The SMILES string of the molecule is CN(c1ccccc1)n1cc(C(=O)C(=O)Nc2ccc3ncccc3c2)c2ccccc21. The van der Waals surface area contributed by atoms with Gasteiger partial charge < -0.3 is 5.32 Å². The maximum atomic E-state index is 13.1. The summed E-state index contributed by atoms with van der Waals surface area (Å²) in [5.74, 6) is -1.27. The zero-order valence-corrected chi connectivity index (χ0v) is 17.4. The number of nitrogens with zero attached hydrogens (tertiary/aromatic N) is 3. The van der Waals surface area contributed by atoms with Crippen molar-refractivity contribution in [2.75, 3.05) is 17.4 Å². The summed E-state index contributed by atoms with van der Waals surface area (Å²) < 4.78 is 1.88. The number of fused-ring (bicyclic) bond motifs is 2. The average Bonchev–Trinajstić information content (AvgIpc) is 3.23. The number of para-hydroxylation sites is 2. The van der Waals surface area contributed by atoms with Gasteiger partial charge in [0, 0.05) is 35.9 Å². The van der Waals surface area contributed by atoms with Gasteiger partial charge in [0.05, 0.1) is 22.3 Å². The maximum absolute atomic E-state index is 13.1. The highest BCUT2D eigenvalue weighted by Gasteiger charge is 2.23. The van der Waals surface area contributed by atoms with Crippen LogP contribution in [0.15, 0.2) is 97.3 Å². The first-order valence-corrected chi connectivity index (χ1v) is 10.2. The van der Waals surface area contributed by atoms with Crippen LogP contribution in [0.1, 0.15) is 10.4 Å². The number of anilines is 2. The Bertz CT molecular complexity index is 1460. The van der Waals surface area contributed by atoms with Crippen molar-refractivity contribution in [3.63, 3.8) is 0 Å². The van der Waals surface area contributed by atoms with Gasteiger partial charge in [-0.05, 0) is 42.5 Å². The summed E-state index contributed by atoms with van der Waals surface area (Å²) in [5, 5.41) is 6.27. The average molecular weight is 420 g/mol. The van der Waals surface area contributed by atoms with Crippen molar-refractivity contribution in [2.45, 2.75) is 0 Å². The van der Waals surface area contributed by atoms with Crippen molar-refractivity contribution in [3.05, 3.63) is 103 Å². The summed E-state index contributed by atoms with van der Waals surface area (Å²) >= 11 is 0. The highest BCUT2D eigenvalue weighted by Crippen LogP contribution is 2.25. The molecule has 0 aliphatic heterocycles. The molecule has 5 aromatic rings. The van der Waals surface area contributed by atoms with E-state index in [1.807, 2.05) is 89.5 Å². The molecule has 0 saturated heterocycles. The second-order valence-electron chi connectivity index (χ2n) is 7.46. The molecule has 156 valence electrons. The summed E-state index contributed by atoms with van der Waals surface area (Å²) in [6.07, 6.45) is 3.43. The van der Waals surface area contributed by atoms with E-state index in [-0.39, 0.29) is 0 Å². The number of hydrogen-bond donors (Lipinski definition) is 1. The van der Waals surface area contributed by atoms with Gasteiger partial charge in [-0.15, -0.1) is 0 Å². The summed E-state index contributed by atoms with van der Waals surface area (Å²) in [6.45, 7) is 0. The summed E-state index contributed by atoms with van der Waals surface area (Å²) in [4.78, 5) is 30.3. The zero-order chi connectivity index (χ0) is 22.1. The summed E-state index contributed by atoms with van der Waals surface area (Å²) in [7, 11) is 1.92. The molecular formula is C26H20N4O2. The molecule has 0 aliphatic carbocycles. The number of carbonyl (C=O) groups excluding carboxylic acids is 2. The number of nitrogens with one attached hydrogen (secondary N) is 1. The van der Waals surface area contributed by atoms with Crippen molar-refractivity contribution in [3.8, 4) is 0 Å². The Hall–Kier alpha value is -4.45. The van der Waals surface area contributed by atoms with Gasteiger partial charge in [0.15, 0.2) is 0 Å². The molecule has 2 aromatic heterocycles. The number of carbonyl (C=O) groups is 2. The number of Topliss-reactive ketones (excluding diaryl/α,β-unsaturated/α-hetero) is 1. The van der Waals surface area contributed by atoms with Gasteiger partial charge in [-0.1, -0.05) is 42.5 Å². The number of rotatable bonds is 5. The van der Waals surface area contributed by atoms with Gasteiger partial charge in [-0.2, -0.15) is 0 Å². The van der Waals surface area contributed by atoms with E-state index in [1.165, 1.54) is 0 Å². The monoisotopic (exact) mass is 420 g/mol. The van der Waals surface area contributed by atoms with Gasteiger partial charge >= 0.3 is 0 Å². The van der Waals surface area contributed by atoms with E-state index in [4.69, 9.17) is 0 Å². The van der Waals surface area contributed by atoms with E-state index in [1.54, 1.807) is 24.5 Å². The third kappa shape index (κ3) is 3.48. The van der Waals surface area contributed by atoms with Crippen LogP contribution in [0.25, 0.3) is 21.8 Å². The predicted octanol–water partition coefficient (Wildman–Crippen LogP) is 4.91. The molecule has 1 amide bonds. The quantitative estimate of drug-likeness (QED) is 0.324. The Morgan fingerprint density at radius 2 is 1.69 bits per heavy atom. The standard InChI is InChI=1S/C26H20N4O2/c1-29(20-9-3-2-4-10-20)30-17-22(21-11-5-6-12-24(21)30)25(31)26(32)28-19-13-14-23-18(16-19)8-7-15-27-23/h2-17H,1H3,(H,28,32). The van der Waals surface area contributed by atoms with Crippen LogP contribution in [0.4, 0.5) is 11.4 Å². The lowest BCUT2D eigenvalue weighted by molar-refractivity contribution is -0.112. The first-order chi connectivity index (χ1) is 15.6. The first-order valence-electron chi connectivity index (χ1n) is 10.2. The van der Waals surface area contributed by atoms with Crippen LogP contribution < -0.4 is 10.3 Å². The Labute approximate surface area is 184 Å². The second-order valence-corrected chi connectivity index (χ2v) is 7.46. The van der Waals surface area contributed by atoms with Gasteiger partial charge in [-0.25, -0.2) is 0 Å². The highest BCUT2D eigenvalue weighted by atomic mass is 16.2. The Morgan fingerprint density at radius 1 is 0.906 bits per heavy atom. The summed E-state index contributed by atoms with van der Waals surface area (Å²) in [6, 6.07) is 26.5. The van der Waals surface area contributed by atoms with Crippen LogP contribution in [0, 0.1) is 0 Å². The van der Waals surface area contributed by atoms with E-state index < -0.39 is 11.7 Å². The molecule has 0 spiro atoms. The third-order valence-corrected chi connectivity index (χ3v) is 5.46. The molecule has 0 radical (unpaired) electrons. The van der Waals surface area contributed by atoms with E-state index in [2.05, 4.69) is 10.3 Å². The lowest BCUT2D eigenvalue weighted by atomic mass is 10.1. The van der Waals surface area contributed by atoms with Gasteiger partial charge in [0.25, 0.3) is 11.7 Å². The molecule has 6 nitrogen and oxygen atoms in total. The fourth-order valence-electron chi connectivity index (χ4n) is 3.82. The van der Waals surface area contributed by atoms with Crippen molar-refractivity contribution in [2.24, 2.45) is 0 Å². The number of amides is 1. The molecular weight excluding hydrogens is 400 g/mol. The fraction of sp³-hybridized carbons (Fsp3) is 0.0385. The molecule has 0 unspecified atom stereocenters. The minimum absolute atomic E-state index is 0.350. The predicted molar refractivity (Wildman–Crippen MR) is 127 cm³/mol. The van der Waals surface area contributed by atoms with Crippen molar-refractivity contribution in [1.82, 2.24) is 9.66 Å². The van der Waals surface area contributed by atoms with E-state index in [0.717, 1.165) is 27.5 Å². The third-order valence-electron chi connectivity index (χ3n) is 5.46. The molecule has 32 heavy (non-hydrogen) atoms. The molecule has 2 heterocycles. The molecule has 1 N–H and O–H groups in total. The fourth-order valence-corrected chi connectivity index (χ4v) is 3.82. The van der Waals surface area contributed by atoms with Crippen LogP contribution >= 0.6 is 0 Å². The van der Waals surface area contributed by atoms with Crippen molar-refractivity contribution in [1.29, 1.82) is 0 Å². The molecule has 0 fully saturated rings. The van der Waals surface area contributed by atoms with Crippen molar-refractivity contribution < 1.29 is 9.59 Å². The van der Waals surface area contributed by atoms with Crippen LogP contribution in [0.3, 0.4) is 0 Å². The largest absolute Gasteiger partial charge is 0.319 e. The van der Waals surface area contributed by atoms with E-state index >= 15 is 0 Å². The Balaban J connectivity index is 1.48. The number of aromatic nitrogens is 2. The molecule has 0 aliphatic rings. The van der Waals surface area contributed by atoms with Crippen LogP contribution in [0.2, 0.25) is 0 Å². The first kappa shape index (κ1) is 19.5. The number of pyridine rings is 1. The molecule has 6 heteroatoms. The van der Waals surface area contributed by atoms with E-state index in [9.17, 15) is 9.59 Å². The molecule has 0 saturated carbocycles. The van der Waals surface area contributed by atoms with Crippen LogP contribution in [0.5, 0.6) is 0 Å². The Morgan fingerprint density at radius 3 is 2.53 bits per heavy atom. The number of ketones is 1. The van der Waals surface area contributed by atoms with Crippen molar-refractivity contribution >= 4 is 44.9 Å². The number of hydrogen-bond acceptors (Lipinski definition) is 4. The second kappa shape index (κ2) is 8.00. The number of benzene rings is 3. The van der Waals surface area contributed by atoms with Crippen LogP contribution in [-0.2, 0) is 4.79 Å². The minimum atomic E-state index is -0.682. The van der Waals surface area contributed by atoms with Gasteiger partial charge in [-0.3, -0.25) is 24.3 Å². The minimum Gasteiger partial charge on any atom is -0.319 e. The normalized spacial score (nSPS) is 10.9. The molecule has 5 rings (SSSR count). The van der Waals surface area contributed by atoms with Gasteiger partial charge in [0.2, 0.25) is 0 Å². The zero-order valence-electron chi connectivity index (χ0n) is 17.4. The van der Waals surface area contributed by atoms with E-state index in [0.29, 0.717) is 11.3 Å². The highest BCUT2D eigenvalue weighted by molar-refractivity contribution is 6.48.